The number of sulfonamides is 1. The van der Waals surface area contributed by atoms with Crippen LogP contribution in [0.1, 0.15) is 17.3 Å². The van der Waals surface area contributed by atoms with E-state index in [1.54, 1.807) is 6.92 Å². The fraction of sp³-hybridized carbons (Fsp3) is 0.273. The molecule has 0 unspecified atom stereocenters. The summed E-state index contributed by atoms with van der Waals surface area (Å²) in [5, 5.41) is 3.56. The lowest BCUT2D eigenvalue weighted by Crippen LogP contribution is -2.25. The molecule has 20 heavy (non-hydrogen) atoms. The second-order valence-corrected chi connectivity index (χ2v) is 5.92. The van der Waals surface area contributed by atoms with Crippen molar-refractivity contribution in [2.24, 2.45) is 0 Å². The molecular formula is C11H13FN4O3S. The smallest absolute Gasteiger partial charge is 0.241 e. The second kappa shape index (κ2) is 5.17. The summed E-state index contributed by atoms with van der Waals surface area (Å²) in [6.07, 6.45) is 0. The molecule has 0 atom stereocenters. The van der Waals surface area contributed by atoms with Gasteiger partial charge in [0.05, 0.1) is 11.4 Å². The van der Waals surface area contributed by atoms with Crippen LogP contribution in [0.15, 0.2) is 21.6 Å². The average molecular weight is 300 g/mol. The summed E-state index contributed by atoms with van der Waals surface area (Å²) >= 11 is 0. The van der Waals surface area contributed by atoms with E-state index >= 15 is 0 Å². The zero-order valence-corrected chi connectivity index (χ0v) is 11.7. The summed E-state index contributed by atoms with van der Waals surface area (Å²) in [6.45, 7) is 2.79. The quantitative estimate of drug-likeness (QED) is 0.811. The molecule has 9 heteroatoms. The number of aryl methyl sites for hydroxylation is 1. The minimum Gasteiger partial charge on any atom is -0.399 e. The number of aromatic nitrogens is 2. The third-order valence-electron chi connectivity index (χ3n) is 2.60. The Hall–Kier alpha value is -2.00. The lowest BCUT2D eigenvalue weighted by molar-refractivity contribution is 0.387. The van der Waals surface area contributed by atoms with Crippen LogP contribution in [0.25, 0.3) is 0 Å². The van der Waals surface area contributed by atoms with Crippen molar-refractivity contribution in [2.45, 2.75) is 25.3 Å². The Morgan fingerprint density at radius 2 is 2.10 bits per heavy atom. The van der Waals surface area contributed by atoms with E-state index in [9.17, 15) is 12.8 Å². The molecule has 0 aliphatic rings. The van der Waals surface area contributed by atoms with Gasteiger partial charge >= 0.3 is 0 Å². The Morgan fingerprint density at radius 1 is 1.40 bits per heavy atom. The van der Waals surface area contributed by atoms with Gasteiger partial charge in [-0.3, -0.25) is 0 Å². The molecule has 0 spiro atoms. The van der Waals surface area contributed by atoms with Crippen LogP contribution in [0.4, 0.5) is 10.1 Å². The van der Waals surface area contributed by atoms with Crippen LogP contribution in [0.2, 0.25) is 0 Å². The van der Waals surface area contributed by atoms with E-state index in [4.69, 9.17) is 10.3 Å². The van der Waals surface area contributed by atoms with Crippen molar-refractivity contribution in [3.63, 3.8) is 0 Å². The number of rotatable bonds is 4. The molecule has 1 aromatic heterocycles. The van der Waals surface area contributed by atoms with Crippen molar-refractivity contribution in [1.29, 1.82) is 0 Å². The molecule has 0 amide bonds. The second-order valence-electron chi connectivity index (χ2n) is 4.18. The summed E-state index contributed by atoms with van der Waals surface area (Å²) in [7, 11) is -3.92. The molecule has 0 saturated heterocycles. The highest BCUT2D eigenvalue weighted by Gasteiger charge is 2.20. The molecule has 0 bridgehead atoms. The topological polar surface area (TPSA) is 111 Å². The van der Waals surface area contributed by atoms with Crippen LogP contribution in [0.5, 0.6) is 0 Å². The summed E-state index contributed by atoms with van der Waals surface area (Å²) in [6, 6.07) is 2.26. The maximum Gasteiger partial charge on any atom is 0.241 e. The first-order valence-electron chi connectivity index (χ1n) is 5.64. The van der Waals surface area contributed by atoms with Gasteiger partial charge in [-0.05, 0) is 19.1 Å². The Kier molecular flexibility index (Phi) is 3.73. The van der Waals surface area contributed by atoms with E-state index in [0.717, 1.165) is 6.07 Å². The lowest BCUT2D eigenvalue weighted by atomic mass is 10.2. The number of nitrogen functional groups attached to an aromatic ring is 1. The van der Waals surface area contributed by atoms with E-state index in [2.05, 4.69) is 14.9 Å². The zero-order valence-electron chi connectivity index (χ0n) is 10.8. The van der Waals surface area contributed by atoms with Gasteiger partial charge in [0.25, 0.3) is 0 Å². The highest BCUT2D eigenvalue weighted by Crippen LogP contribution is 2.21. The summed E-state index contributed by atoms with van der Waals surface area (Å²) in [5.74, 6) is -0.167. The Bertz CT molecular complexity index is 742. The van der Waals surface area contributed by atoms with Gasteiger partial charge in [0.15, 0.2) is 5.82 Å². The molecule has 1 aromatic carbocycles. The number of nitrogens with zero attached hydrogens (tertiary/aromatic N) is 2. The highest BCUT2D eigenvalue weighted by molar-refractivity contribution is 7.89. The largest absolute Gasteiger partial charge is 0.399 e. The molecule has 2 rings (SSSR count). The van der Waals surface area contributed by atoms with Gasteiger partial charge in [-0.2, -0.15) is 4.98 Å². The number of anilines is 1. The highest BCUT2D eigenvalue weighted by atomic mass is 32.2. The molecule has 2 aromatic rings. The van der Waals surface area contributed by atoms with Gasteiger partial charge in [0, 0.05) is 18.2 Å². The number of hydrogen-bond acceptors (Lipinski definition) is 6. The van der Waals surface area contributed by atoms with Crippen LogP contribution in [-0.4, -0.2) is 18.6 Å². The first-order chi connectivity index (χ1) is 9.29. The number of hydrogen-bond donors (Lipinski definition) is 2. The maximum absolute atomic E-state index is 13.5. The molecule has 0 aliphatic carbocycles. The molecule has 1 heterocycles. The van der Waals surface area contributed by atoms with Crippen molar-refractivity contribution in [1.82, 2.24) is 14.9 Å². The van der Waals surface area contributed by atoms with E-state index < -0.39 is 15.8 Å². The molecule has 7 nitrogen and oxygen atoms in total. The maximum atomic E-state index is 13.5. The van der Waals surface area contributed by atoms with Gasteiger partial charge in [-0.1, -0.05) is 5.16 Å². The van der Waals surface area contributed by atoms with Crippen molar-refractivity contribution in [3.8, 4) is 0 Å². The lowest BCUT2D eigenvalue weighted by Gasteiger charge is -2.09. The standard InChI is InChI=1S/C11H13FN4O3S/c1-6-9(12)3-8(13)4-10(6)20(17,18)14-5-11-15-7(2)19-16-11/h3-4,14H,5,13H2,1-2H3. The van der Waals surface area contributed by atoms with Gasteiger partial charge in [0.2, 0.25) is 15.9 Å². The van der Waals surface area contributed by atoms with Crippen LogP contribution in [-0.2, 0) is 16.6 Å². The fourth-order valence-electron chi connectivity index (χ4n) is 1.60. The van der Waals surface area contributed by atoms with Gasteiger partial charge < -0.3 is 10.3 Å². The number of nitrogens with one attached hydrogen (secondary N) is 1. The first-order valence-corrected chi connectivity index (χ1v) is 7.12. The first kappa shape index (κ1) is 14.4. The Morgan fingerprint density at radius 3 is 2.70 bits per heavy atom. The Balaban J connectivity index is 2.27. The number of halogens is 1. The van der Waals surface area contributed by atoms with Gasteiger partial charge in [0.1, 0.15) is 5.82 Å². The van der Waals surface area contributed by atoms with Crippen molar-refractivity contribution >= 4 is 15.7 Å². The third-order valence-corrected chi connectivity index (χ3v) is 4.13. The fourth-order valence-corrected chi connectivity index (χ4v) is 2.87. The predicted octanol–water partition coefficient (Wildman–Crippen LogP) is 0.886. The van der Waals surface area contributed by atoms with E-state index in [0.29, 0.717) is 5.89 Å². The van der Waals surface area contributed by atoms with Crippen molar-refractivity contribution < 1.29 is 17.3 Å². The van der Waals surface area contributed by atoms with Gasteiger partial charge in [-0.15, -0.1) is 0 Å². The number of benzene rings is 1. The van der Waals surface area contributed by atoms with E-state index in [-0.39, 0.29) is 28.5 Å². The summed E-state index contributed by atoms with van der Waals surface area (Å²) in [4.78, 5) is 3.65. The normalized spacial score (nSPS) is 11.8. The van der Waals surface area contributed by atoms with E-state index in [1.165, 1.54) is 13.0 Å². The van der Waals surface area contributed by atoms with Crippen LogP contribution in [0, 0.1) is 19.7 Å². The third kappa shape index (κ3) is 2.94. The molecule has 108 valence electrons. The zero-order chi connectivity index (χ0) is 14.9. The number of nitrogens with two attached hydrogens (primary N) is 1. The van der Waals surface area contributed by atoms with Crippen molar-refractivity contribution in [2.75, 3.05) is 5.73 Å². The minimum atomic E-state index is -3.92. The molecule has 0 saturated carbocycles. The molecular weight excluding hydrogens is 287 g/mol. The van der Waals surface area contributed by atoms with Crippen LogP contribution >= 0.6 is 0 Å². The van der Waals surface area contributed by atoms with Crippen LogP contribution in [0.3, 0.4) is 0 Å². The Labute approximate surface area is 115 Å². The molecule has 0 aliphatic heterocycles. The molecule has 3 N–H and O–H groups in total. The summed E-state index contributed by atoms with van der Waals surface area (Å²) in [5.41, 5.74) is 5.49. The van der Waals surface area contributed by atoms with Crippen molar-refractivity contribution in [3.05, 3.63) is 35.2 Å². The van der Waals surface area contributed by atoms with E-state index in [1.807, 2.05) is 0 Å². The predicted molar refractivity (Wildman–Crippen MR) is 68.6 cm³/mol. The van der Waals surface area contributed by atoms with Crippen LogP contribution < -0.4 is 10.5 Å². The molecule has 0 fully saturated rings. The minimum absolute atomic E-state index is 0.00371. The summed E-state index contributed by atoms with van der Waals surface area (Å²) < 4.78 is 44.7. The monoisotopic (exact) mass is 300 g/mol. The molecule has 0 radical (unpaired) electrons. The average Bonchev–Trinajstić information content (AvgIpc) is 2.77. The SMILES string of the molecule is Cc1nc(CNS(=O)(=O)c2cc(N)cc(F)c2C)no1. The van der Waals surface area contributed by atoms with Gasteiger partial charge in [-0.25, -0.2) is 17.5 Å².